The van der Waals surface area contributed by atoms with E-state index in [9.17, 15) is 28.2 Å². The van der Waals surface area contributed by atoms with Crippen molar-refractivity contribution in [1.82, 2.24) is 0 Å². The van der Waals surface area contributed by atoms with Crippen LogP contribution in [-0.2, 0) is 10.4 Å². The molecule has 1 atom stereocenters. The Balaban J connectivity index is 2.51. The Kier molecular flexibility index (Phi) is 4.09. The molecule has 2 aromatic carbocycles. The topological polar surface area (TPSA) is 66.8 Å². The second-order valence-electron chi connectivity index (χ2n) is 4.48. The number of carbonyl (C=O) groups is 1. The Morgan fingerprint density at radius 1 is 1.00 bits per heavy atom. The molecule has 2 N–H and O–H groups in total. The molecule has 0 aliphatic heterocycles. The van der Waals surface area contributed by atoms with Crippen LogP contribution in [0.5, 0.6) is 11.5 Å². The number of aliphatic hydroxyl groups is 1. The normalized spacial score (nSPS) is 14.2. The lowest BCUT2D eigenvalue weighted by atomic mass is 9.87. The Bertz CT molecular complexity index is 670. The summed E-state index contributed by atoms with van der Waals surface area (Å²) >= 11 is 0. The summed E-state index contributed by atoms with van der Waals surface area (Å²) in [4.78, 5) is 11.3. The highest BCUT2D eigenvalue weighted by Crippen LogP contribution is 2.36. The van der Waals surface area contributed by atoms with Gasteiger partial charge in [-0.2, -0.15) is 0 Å². The Morgan fingerprint density at radius 3 is 2.18 bits per heavy atom. The van der Waals surface area contributed by atoms with Crippen LogP contribution in [0.4, 0.5) is 13.2 Å². The van der Waals surface area contributed by atoms with Gasteiger partial charge in [0.2, 0.25) is 0 Å². The molecular weight excluding hydrogens is 301 g/mol. The summed E-state index contributed by atoms with van der Waals surface area (Å²) < 4.78 is 40.5. The van der Waals surface area contributed by atoms with Gasteiger partial charge >= 0.3 is 6.36 Å². The second-order valence-corrected chi connectivity index (χ2v) is 4.48. The van der Waals surface area contributed by atoms with E-state index in [0.29, 0.717) is 0 Å². The molecular formula is C15H11F3O4. The molecule has 0 heterocycles. The van der Waals surface area contributed by atoms with Gasteiger partial charge < -0.3 is 14.9 Å². The number of aromatic hydroxyl groups is 1. The zero-order chi connectivity index (χ0) is 16.4. The first kappa shape index (κ1) is 15.8. The molecule has 0 bridgehead atoms. The van der Waals surface area contributed by atoms with Gasteiger partial charge in [-0.25, -0.2) is 0 Å². The van der Waals surface area contributed by atoms with Gasteiger partial charge in [-0.15, -0.1) is 13.2 Å². The molecule has 116 valence electrons. The molecule has 0 spiro atoms. The first-order valence-corrected chi connectivity index (χ1v) is 6.10. The molecule has 2 aromatic rings. The van der Waals surface area contributed by atoms with Gasteiger partial charge in [0, 0.05) is 0 Å². The quantitative estimate of drug-likeness (QED) is 0.852. The molecule has 0 saturated carbocycles. The number of halogens is 3. The Morgan fingerprint density at radius 2 is 1.64 bits per heavy atom. The van der Waals surface area contributed by atoms with Crippen molar-refractivity contribution in [1.29, 1.82) is 0 Å². The van der Waals surface area contributed by atoms with Gasteiger partial charge in [0.05, 0.1) is 0 Å². The Hall–Kier alpha value is -2.54. The molecule has 22 heavy (non-hydrogen) atoms. The molecule has 0 radical (unpaired) electrons. The van der Waals surface area contributed by atoms with Gasteiger partial charge in [-0.05, 0) is 23.3 Å². The van der Waals surface area contributed by atoms with Crippen LogP contribution in [0.1, 0.15) is 11.1 Å². The predicted molar refractivity (Wildman–Crippen MR) is 70.3 cm³/mol. The minimum atomic E-state index is -5.01. The lowest BCUT2D eigenvalue weighted by molar-refractivity contribution is -0.275. The van der Waals surface area contributed by atoms with Crippen LogP contribution in [0.2, 0.25) is 0 Å². The first-order chi connectivity index (χ1) is 10.3. The van der Waals surface area contributed by atoms with Crippen LogP contribution in [-0.4, -0.2) is 22.9 Å². The zero-order valence-electron chi connectivity index (χ0n) is 11.0. The fraction of sp³-hybridized carbons (Fsp3) is 0.133. The number of aldehydes is 1. The third-order valence-corrected chi connectivity index (χ3v) is 3.01. The van der Waals surface area contributed by atoms with E-state index in [1.165, 1.54) is 12.1 Å². The highest BCUT2D eigenvalue weighted by atomic mass is 19.4. The average Bonchev–Trinajstić information content (AvgIpc) is 2.48. The lowest BCUT2D eigenvalue weighted by Gasteiger charge is -2.23. The van der Waals surface area contributed by atoms with Crippen LogP contribution in [0.25, 0.3) is 0 Å². The summed E-state index contributed by atoms with van der Waals surface area (Å²) in [5, 5.41) is 19.9. The van der Waals surface area contributed by atoms with Gasteiger partial charge in [0.1, 0.15) is 0 Å². The molecule has 2 rings (SSSR count). The fourth-order valence-corrected chi connectivity index (χ4v) is 1.95. The van der Waals surface area contributed by atoms with Crippen LogP contribution >= 0.6 is 0 Å². The maximum Gasteiger partial charge on any atom is 0.573 e. The van der Waals surface area contributed by atoms with E-state index in [-0.39, 0.29) is 17.4 Å². The molecule has 4 nitrogen and oxygen atoms in total. The summed E-state index contributed by atoms with van der Waals surface area (Å²) in [5.41, 5.74) is -2.14. The van der Waals surface area contributed by atoms with Gasteiger partial charge in [0.25, 0.3) is 0 Å². The lowest BCUT2D eigenvalue weighted by Crippen LogP contribution is -2.29. The minimum absolute atomic E-state index is 0.161. The van der Waals surface area contributed by atoms with Crippen molar-refractivity contribution >= 4 is 6.29 Å². The van der Waals surface area contributed by atoms with E-state index in [0.717, 1.165) is 18.2 Å². The van der Waals surface area contributed by atoms with Crippen molar-refractivity contribution in [2.24, 2.45) is 0 Å². The predicted octanol–water partition coefficient (Wildman–Crippen LogP) is 2.73. The number of phenols is 1. The molecule has 0 amide bonds. The third-order valence-electron chi connectivity index (χ3n) is 3.01. The number of carbonyl (C=O) groups excluding carboxylic acids is 1. The maximum absolute atomic E-state index is 12.3. The molecule has 7 heteroatoms. The molecule has 0 aromatic heterocycles. The summed E-state index contributed by atoms with van der Waals surface area (Å²) in [7, 11) is 0. The smallest absolute Gasteiger partial charge is 0.504 e. The van der Waals surface area contributed by atoms with Crippen molar-refractivity contribution in [3.8, 4) is 11.5 Å². The van der Waals surface area contributed by atoms with Crippen LogP contribution < -0.4 is 4.74 Å². The standard InChI is InChI=1S/C15H11F3O4/c16-15(17,18)22-13-8-11(6-7-12(13)20)14(21,9-19)10-4-2-1-3-5-10/h1-9,20-21H. The summed E-state index contributed by atoms with van der Waals surface area (Å²) in [6.45, 7) is 0. The van der Waals surface area contributed by atoms with Crippen LogP contribution in [0.15, 0.2) is 48.5 Å². The van der Waals surface area contributed by atoms with E-state index in [4.69, 9.17) is 0 Å². The number of hydrogen-bond donors (Lipinski definition) is 2. The van der Waals surface area contributed by atoms with E-state index >= 15 is 0 Å². The Labute approximate surface area is 123 Å². The average molecular weight is 312 g/mol. The zero-order valence-corrected chi connectivity index (χ0v) is 11.0. The van der Waals surface area contributed by atoms with E-state index in [2.05, 4.69) is 4.74 Å². The van der Waals surface area contributed by atoms with E-state index < -0.39 is 23.5 Å². The second kappa shape index (κ2) is 5.69. The number of alkyl halides is 3. The summed E-state index contributed by atoms with van der Waals surface area (Å²) in [6.07, 6.45) is -4.81. The van der Waals surface area contributed by atoms with E-state index in [1.54, 1.807) is 18.2 Å². The first-order valence-electron chi connectivity index (χ1n) is 6.10. The molecule has 0 saturated heterocycles. The molecule has 0 aliphatic rings. The van der Waals surface area contributed by atoms with Crippen molar-refractivity contribution in [3.05, 3.63) is 59.7 Å². The summed E-state index contributed by atoms with van der Waals surface area (Å²) in [6, 6.07) is 10.5. The van der Waals surface area contributed by atoms with Crippen molar-refractivity contribution < 1.29 is 32.9 Å². The number of rotatable bonds is 4. The van der Waals surface area contributed by atoms with Crippen molar-refractivity contribution in [2.45, 2.75) is 12.0 Å². The molecule has 0 fully saturated rings. The molecule has 1 unspecified atom stereocenters. The van der Waals surface area contributed by atoms with Gasteiger partial charge in [-0.3, -0.25) is 4.79 Å². The maximum atomic E-state index is 12.3. The SMILES string of the molecule is O=CC(O)(c1ccccc1)c1ccc(O)c(OC(F)(F)F)c1. The highest BCUT2D eigenvalue weighted by molar-refractivity contribution is 5.72. The minimum Gasteiger partial charge on any atom is -0.504 e. The largest absolute Gasteiger partial charge is 0.573 e. The number of benzene rings is 2. The van der Waals surface area contributed by atoms with Gasteiger partial charge in [-0.1, -0.05) is 36.4 Å². The van der Waals surface area contributed by atoms with Crippen LogP contribution in [0, 0.1) is 0 Å². The highest BCUT2D eigenvalue weighted by Gasteiger charge is 2.35. The van der Waals surface area contributed by atoms with Crippen molar-refractivity contribution in [2.75, 3.05) is 0 Å². The third kappa shape index (κ3) is 3.20. The number of ether oxygens (including phenoxy) is 1. The molecule has 0 aliphatic carbocycles. The fourth-order valence-electron chi connectivity index (χ4n) is 1.95. The number of hydrogen-bond acceptors (Lipinski definition) is 4. The monoisotopic (exact) mass is 312 g/mol. The van der Waals surface area contributed by atoms with Gasteiger partial charge in [0.15, 0.2) is 23.4 Å². The number of phenolic OH excluding ortho intramolecular Hbond substituents is 1. The summed E-state index contributed by atoms with van der Waals surface area (Å²) in [5.74, 6) is -1.66. The van der Waals surface area contributed by atoms with E-state index in [1.807, 2.05) is 0 Å². The van der Waals surface area contributed by atoms with Crippen molar-refractivity contribution in [3.63, 3.8) is 0 Å². The van der Waals surface area contributed by atoms with Crippen LogP contribution in [0.3, 0.4) is 0 Å².